The van der Waals surface area contributed by atoms with E-state index in [4.69, 9.17) is 5.11 Å². The fraction of sp³-hybridized carbons (Fsp3) is 0.692. The van der Waals surface area contributed by atoms with E-state index in [-0.39, 0.29) is 18.6 Å². The largest absolute Gasteiger partial charge is 0.396 e. The molecule has 1 rings (SSSR count). The van der Waals surface area contributed by atoms with E-state index in [9.17, 15) is 4.79 Å². The molecule has 5 heteroatoms. The molecule has 0 radical (unpaired) electrons. The van der Waals surface area contributed by atoms with Crippen LogP contribution in [0.4, 0.5) is 0 Å². The number of nitrogens with one attached hydrogen (secondary N) is 1. The Balaban J connectivity index is 2.84. The number of carbonyl (C=O) groups is 1. The van der Waals surface area contributed by atoms with Gasteiger partial charge in [-0.3, -0.25) is 9.48 Å². The summed E-state index contributed by atoms with van der Waals surface area (Å²) in [6.07, 6.45) is 0.559. The van der Waals surface area contributed by atoms with Gasteiger partial charge in [0.2, 0.25) is 0 Å². The highest BCUT2D eigenvalue weighted by Gasteiger charge is 2.17. The normalized spacial score (nSPS) is 12.8. The van der Waals surface area contributed by atoms with Crippen LogP contribution in [0.25, 0.3) is 0 Å². The standard InChI is InChI=1S/C13H23N3O2/c1-5-16-12(8-11(15-16)9(2)3)13(18)14-10(4)6-7-17/h8-10,17H,5-7H2,1-4H3,(H,14,18). The van der Waals surface area contributed by atoms with Gasteiger partial charge in [-0.15, -0.1) is 0 Å². The predicted octanol–water partition coefficient (Wildman–Crippen LogP) is 1.53. The summed E-state index contributed by atoms with van der Waals surface area (Å²) >= 11 is 0. The molecule has 0 aliphatic carbocycles. The molecule has 5 nitrogen and oxygen atoms in total. The van der Waals surface area contributed by atoms with Crippen molar-refractivity contribution in [1.82, 2.24) is 15.1 Å². The first kappa shape index (κ1) is 14.7. The van der Waals surface area contributed by atoms with E-state index in [1.54, 1.807) is 4.68 Å². The molecule has 0 aliphatic heterocycles. The van der Waals surface area contributed by atoms with Gasteiger partial charge in [0.1, 0.15) is 5.69 Å². The lowest BCUT2D eigenvalue weighted by molar-refractivity contribution is 0.0923. The van der Waals surface area contributed by atoms with Gasteiger partial charge in [-0.25, -0.2) is 0 Å². The van der Waals surface area contributed by atoms with Crippen LogP contribution in [0.5, 0.6) is 0 Å². The molecule has 0 bridgehead atoms. The molecule has 1 aromatic rings. The van der Waals surface area contributed by atoms with Crippen LogP contribution >= 0.6 is 0 Å². The topological polar surface area (TPSA) is 67.2 Å². The minimum Gasteiger partial charge on any atom is -0.396 e. The summed E-state index contributed by atoms with van der Waals surface area (Å²) in [5.41, 5.74) is 1.52. The molecule has 1 aromatic heterocycles. The minimum absolute atomic E-state index is 0.0368. The van der Waals surface area contributed by atoms with E-state index >= 15 is 0 Å². The van der Waals surface area contributed by atoms with E-state index in [0.29, 0.717) is 24.6 Å². The number of rotatable bonds is 6. The van der Waals surface area contributed by atoms with Crippen molar-refractivity contribution in [3.05, 3.63) is 17.5 Å². The zero-order valence-corrected chi connectivity index (χ0v) is 11.6. The second-order valence-electron chi connectivity index (χ2n) is 4.81. The van der Waals surface area contributed by atoms with Crippen LogP contribution in [-0.2, 0) is 6.54 Å². The fourth-order valence-electron chi connectivity index (χ4n) is 1.71. The molecule has 0 aromatic carbocycles. The van der Waals surface area contributed by atoms with Gasteiger partial charge in [-0.05, 0) is 32.3 Å². The van der Waals surface area contributed by atoms with Crippen LogP contribution in [0, 0.1) is 0 Å². The number of aliphatic hydroxyl groups is 1. The van der Waals surface area contributed by atoms with Gasteiger partial charge in [0.05, 0.1) is 5.69 Å². The average molecular weight is 253 g/mol. The van der Waals surface area contributed by atoms with Crippen LogP contribution in [-0.4, -0.2) is 33.4 Å². The first-order valence-electron chi connectivity index (χ1n) is 6.49. The summed E-state index contributed by atoms with van der Waals surface area (Å²) in [5, 5.41) is 16.1. The summed E-state index contributed by atoms with van der Waals surface area (Å²) in [7, 11) is 0. The molecule has 0 aliphatic rings. The van der Waals surface area contributed by atoms with Gasteiger partial charge in [-0.1, -0.05) is 13.8 Å². The maximum atomic E-state index is 12.1. The summed E-state index contributed by atoms with van der Waals surface area (Å²) in [5.74, 6) is 0.177. The second kappa shape index (κ2) is 6.54. The first-order valence-corrected chi connectivity index (χ1v) is 6.49. The number of nitrogens with zero attached hydrogens (tertiary/aromatic N) is 2. The number of amides is 1. The summed E-state index contributed by atoms with van der Waals surface area (Å²) in [6.45, 7) is 8.70. The predicted molar refractivity (Wildman–Crippen MR) is 70.6 cm³/mol. The van der Waals surface area contributed by atoms with Crippen molar-refractivity contribution in [2.45, 2.75) is 52.6 Å². The van der Waals surface area contributed by atoms with Crippen LogP contribution in [0.3, 0.4) is 0 Å². The number of aryl methyl sites for hydroxylation is 1. The van der Waals surface area contributed by atoms with E-state index in [1.807, 2.05) is 19.9 Å². The van der Waals surface area contributed by atoms with Crippen molar-refractivity contribution in [3.63, 3.8) is 0 Å². The maximum absolute atomic E-state index is 12.1. The van der Waals surface area contributed by atoms with Crippen molar-refractivity contribution in [1.29, 1.82) is 0 Å². The molecular formula is C13H23N3O2. The Morgan fingerprint density at radius 2 is 2.17 bits per heavy atom. The van der Waals surface area contributed by atoms with Crippen molar-refractivity contribution < 1.29 is 9.90 Å². The molecule has 0 spiro atoms. The van der Waals surface area contributed by atoms with Gasteiger partial charge in [0, 0.05) is 19.2 Å². The lowest BCUT2D eigenvalue weighted by Gasteiger charge is -2.12. The zero-order chi connectivity index (χ0) is 13.7. The quantitative estimate of drug-likeness (QED) is 0.808. The molecular weight excluding hydrogens is 230 g/mol. The Kier molecular flexibility index (Phi) is 5.34. The van der Waals surface area contributed by atoms with Crippen LogP contribution < -0.4 is 5.32 Å². The minimum atomic E-state index is -0.128. The summed E-state index contributed by atoms with van der Waals surface area (Å²) in [4.78, 5) is 12.1. The molecule has 0 saturated heterocycles. The van der Waals surface area contributed by atoms with Gasteiger partial charge in [0.25, 0.3) is 5.91 Å². The molecule has 0 fully saturated rings. The van der Waals surface area contributed by atoms with Gasteiger partial charge < -0.3 is 10.4 Å². The van der Waals surface area contributed by atoms with Crippen molar-refractivity contribution >= 4 is 5.91 Å². The van der Waals surface area contributed by atoms with E-state index < -0.39 is 0 Å². The number of carbonyl (C=O) groups excluding carboxylic acids is 1. The van der Waals surface area contributed by atoms with Crippen molar-refractivity contribution in [3.8, 4) is 0 Å². The Morgan fingerprint density at radius 1 is 1.50 bits per heavy atom. The Labute approximate surface area is 108 Å². The molecule has 0 saturated carbocycles. The third kappa shape index (κ3) is 3.57. The SMILES string of the molecule is CCn1nc(C(C)C)cc1C(=O)NC(C)CCO. The van der Waals surface area contributed by atoms with E-state index in [2.05, 4.69) is 24.3 Å². The summed E-state index contributed by atoms with van der Waals surface area (Å²) < 4.78 is 1.72. The first-order chi connectivity index (χ1) is 8.49. The third-order valence-electron chi connectivity index (χ3n) is 2.86. The highest BCUT2D eigenvalue weighted by molar-refractivity contribution is 5.92. The van der Waals surface area contributed by atoms with Gasteiger partial charge >= 0.3 is 0 Å². The van der Waals surface area contributed by atoms with E-state index in [1.165, 1.54) is 0 Å². The molecule has 1 atom stereocenters. The lowest BCUT2D eigenvalue weighted by Crippen LogP contribution is -2.34. The Morgan fingerprint density at radius 3 is 2.67 bits per heavy atom. The molecule has 18 heavy (non-hydrogen) atoms. The van der Waals surface area contributed by atoms with Crippen LogP contribution in [0.15, 0.2) is 6.07 Å². The molecule has 1 amide bonds. The van der Waals surface area contributed by atoms with Crippen LogP contribution in [0.1, 0.15) is 56.2 Å². The van der Waals surface area contributed by atoms with Gasteiger partial charge in [-0.2, -0.15) is 5.10 Å². The highest BCUT2D eigenvalue weighted by Crippen LogP contribution is 2.14. The number of hydrogen-bond donors (Lipinski definition) is 2. The van der Waals surface area contributed by atoms with Gasteiger partial charge in [0.15, 0.2) is 0 Å². The monoisotopic (exact) mass is 253 g/mol. The summed E-state index contributed by atoms with van der Waals surface area (Å²) in [6, 6.07) is 1.81. The molecule has 1 unspecified atom stereocenters. The van der Waals surface area contributed by atoms with E-state index in [0.717, 1.165) is 5.69 Å². The van der Waals surface area contributed by atoms with Crippen LogP contribution in [0.2, 0.25) is 0 Å². The lowest BCUT2D eigenvalue weighted by atomic mass is 10.1. The Hall–Kier alpha value is -1.36. The third-order valence-corrected chi connectivity index (χ3v) is 2.86. The van der Waals surface area contributed by atoms with Crippen molar-refractivity contribution in [2.24, 2.45) is 0 Å². The number of aliphatic hydroxyl groups excluding tert-OH is 1. The maximum Gasteiger partial charge on any atom is 0.269 e. The zero-order valence-electron chi connectivity index (χ0n) is 11.6. The fourth-order valence-corrected chi connectivity index (χ4v) is 1.71. The Bertz CT molecular complexity index is 399. The number of hydrogen-bond acceptors (Lipinski definition) is 3. The number of aromatic nitrogens is 2. The molecule has 2 N–H and O–H groups in total. The highest BCUT2D eigenvalue weighted by atomic mass is 16.3. The van der Waals surface area contributed by atoms with Crippen molar-refractivity contribution in [2.75, 3.05) is 6.61 Å². The molecule has 1 heterocycles. The molecule has 102 valence electrons. The second-order valence-corrected chi connectivity index (χ2v) is 4.81. The smallest absolute Gasteiger partial charge is 0.269 e. The average Bonchev–Trinajstić information content (AvgIpc) is 2.73.